The zero-order chi connectivity index (χ0) is 16.1. The smallest absolute Gasteiger partial charge is 0.0326 e. The van der Waals surface area contributed by atoms with E-state index in [1.165, 1.54) is 64.2 Å². The van der Waals surface area contributed by atoms with Crippen molar-refractivity contribution in [1.82, 2.24) is 0 Å². The summed E-state index contributed by atoms with van der Waals surface area (Å²) in [5, 5.41) is 0. The van der Waals surface area contributed by atoms with Gasteiger partial charge in [-0.25, -0.2) is 0 Å². The maximum Gasteiger partial charge on any atom is -0.0326 e. The van der Waals surface area contributed by atoms with Crippen LogP contribution in [-0.2, 0) is 0 Å². The Morgan fingerprint density at radius 3 is 2.14 bits per heavy atom. The molecule has 0 fully saturated rings. The van der Waals surface area contributed by atoms with E-state index in [9.17, 15) is 0 Å². The van der Waals surface area contributed by atoms with Crippen LogP contribution in [0.15, 0.2) is 11.6 Å². The van der Waals surface area contributed by atoms with E-state index >= 15 is 0 Å². The highest BCUT2D eigenvalue weighted by molar-refractivity contribution is 4.97. The molecule has 2 unspecified atom stereocenters. The molecule has 0 aliphatic carbocycles. The third kappa shape index (κ3) is 12.0. The molecule has 126 valence electrons. The normalized spacial score (nSPS) is 15.5. The lowest BCUT2D eigenvalue weighted by Crippen LogP contribution is -2.14. The molecular formula is C21H42. The zero-order valence-corrected chi connectivity index (χ0v) is 15.9. The minimum Gasteiger partial charge on any atom is -0.0856 e. The van der Waals surface area contributed by atoms with Gasteiger partial charge < -0.3 is 0 Å². The van der Waals surface area contributed by atoms with Gasteiger partial charge in [0, 0.05) is 0 Å². The van der Waals surface area contributed by atoms with E-state index in [2.05, 4.69) is 47.6 Å². The van der Waals surface area contributed by atoms with E-state index in [0.717, 1.165) is 17.8 Å². The lowest BCUT2D eigenvalue weighted by Gasteiger charge is -2.25. The van der Waals surface area contributed by atoms with Crippen molar-refractivity contribution < 1.29 is 0 Å². The number of hydrogen-bond acceptors (Lipinski definition) is 0. The van der Waals surface area contributed by atoms with Crippen LogP contribution in [0.2, 0.25) is 0 Å². The lowest BCUT2D eigenvalue weighted by molar-refractivity contribution is 0.262. The molecule has 0 radical (unpaired) electrons. The van der Waals surface area contributed by atoms with Crippen molar-refractivity contribution in [3.8, 4) is 0 Å². The van der Waals surface area contributed by atoms with Crippen LogP contribution >= 0.6 is 0 Å². The quantitative estimate of drug-likeness (QED) is 0.240. The molecule has 0 heterocycles. The van der Waals surface area contributed by atoms with Crippen molar-refractivity contribution in [2.24, 2.45) is 17.8 Å². The molecule has 0 N–H and O–H groups in total. The summed E-state index contributed by atoms with van der Waals surface area (Å²) in [4.78, 5) is 0. The molecule has 0 aliphatic rings. The predicted octanol–water partition coefficient (Wildman–Crippen LogP) is 7.78. The van der Waals surface area contributed by atoms with Gasteiger partial charge in [-0.05, 0) is 56.8 Å². The SMILES string of the molecule is CCCCCC(CCCC=C(C)CCC)C(C)CC(C)C. The Kier molecular flexibility index (Phi) is 13.2. The first-order chi connectivity index (χ1) is 10.0. The van der Waals surface area contributed by atoms with Crippen LogP contribution in [0.25, 0.3) is 0 Å². The summed E-state index contributed by atoms with van der Waals surface area (Å²) in [5.41, 5.74) is 1.59. The number of allylic oxidation sites excluding steroid dienone is 2. The first-order valence-electron chi connectivity index (χ1n) is 9.66. The molecule has 0 saturated heterocycles. The van der Waals surface area contributed by atoms with Gasteiger partial charge in [-0.2, -0.15) is 0 Å². The summed E-state index contributed by atoms with van der Waals surface area (Å²) in [6.45, 7) is 14.1. The van der Waals surface area contributed by atoms with Crippen molar-refractivity contribution >= 4 is 0 Å². The van der Waals surface area contributed by atoms with Crippen LogP contribution in [0.3, 0.4) is 0 Å². The van der Waals surface area contributed by atoms with Crippen molar-refractivity contribution in [1.29, 1.82) is 0 Å². The van der Waals surface area contributed by atoms with E-state index in [0.29, 0.717) is 0 Å². The van der Waals surface area contributed by atoms with Gasteiger partial charge in [0.05, 0.1) is 0 Å². The predicted molar refractivity (Wildman–Crippen MR) is 98.8 cm³/mol. The highest BCUT2D eigenvalue weighted by atomic mass is 14.2. The molecule has 0 bridgehead atoms. The maximum absolute atomic E-state index is 2.49. The monoisotopic (exact) mass is 294 g/mol. The van der Waals surface area contributed by atoms with Crippen LogP contribution in [0, 0.1) is 17.8 Å². The zero-order valence-electron chi connectivity index (χ0n) is 15.9. The van der Waals surface area contributed by atoms with Gasteiger partial charge in [-0.15, -0.1) is 0 Å². The minimum absolute atomic E-state index is 0.848. The van der Waals surface area contributed by atoms with E-state index in [1.54, 1.807) is 5.57 Å². The van der Waals surface area contributed by atoms with E-state index in [1.807, 2.05) is 0 Å². The Bertz CT molecular complexity index is 249. The van der Waals surface area contributed by atoms with Gasteiger partial charge in [0.15, 0.2) is 0 Å². The van der Waals surface area contributed by atoms with Gasteiger partial charge in [0.1, 0.15) is 0 Å². The molecular weight excluding hydrogens is 252 g/mol. The molecule has 0 rings (SSSR count). The topological polar surface area (TPSA) is 0 Å². The minimum atomic E-state index is 0.848. The van der Waals surface area contributed by atoms with Gasteiger partial charge in [-0.1, -0.05) is 78.4 Å². The fraction of sp³-hybridized carbons (Fsp3) is 0.905. The second kappa shape index (κ2) is 13.4. The lowest BCUT2D eigenvalue weighted by atomic mass is 9.80. The van der Waals surface area contributed by atoms with Crippen molar-refractivity contribution in [2.75, 3.05) is 0 Å². The van der Waals surface area contributed by atoms with Crippen molar-refractivity contribution in [3.05, 3.63) is 11.6 Å². The van der Waals surface area contributed by atoms with Gasteiger partial charge in [0.25, 0.3) is 0 Å². The Morgan fingerprint density at radius 1 is 0.905 bits per heavy atom. The molecule has 0 amide bonds. The molecule has 0 saturated carbocycles. The highest BCUT2D eigenvalue weighted by Gasteiger charge is 2.17. The van der Waals surface area contributed by atoms with Gasteiger partial charge >= 0.3 is 0 Å². The third-order valence-corrected chi connectivity index (χ3v) is 4.74. The molecule has 0 aromatic heterocycles. The highest BCUT2D eigenvalue weighted by Crippen LogP contribution is 2.29. The van der Waals surface area contributed by atoms with Gasteiger partial charge in [-0.3, -0.25) is 0 Å². The Labute approximate surface area is 135 Å². The molecule has 0 aliphatic heterocycles. The fourth-order valence-electron chi connectivity index (χ4n) is 3.53. The molecule has 0 heteroatoms. The van der Waals surface area contributed by atoms with Crippen LogP contribution in [0.1, 0.15) is 106 Å². The summed E-state index contributed by atoms with van der Waals surface area (Å²) in [5.74, 6) is 2.71. The van der Waals surface area contributed by atoms with Gasteiger partial charge in [0.2, 0.25) is 0 Å². The summed E-state index contributed by atoms with van der Waals surface area (Å²) in [6, 6.07) is 0. The largest absolute Gasteiger partial charge is 0.0856 e. The van der Waals surface area contributed by atoms with E-state index < -0.39 is 0 Å². The Hall–Kier alpha value is -0.260. The first kappa shape index (κ1) is 20.7. The van der Waals surface area contributed by atoms with Crippen LogP contribution in [0.4, 0.5) is 0 Å². The molecule has 0 aromatic carbocycles. The summed E-state index contributed by atoms with van der Waals surface area (Å²) < 4.78 is 0. The Morgan fingerprint density at radius 2 is 1.57 bits per heavy atom. The number of unbranched alkanes of at least 4 members (excludes halogenated alkanes) is 3. The molecule has 21 heavy (non-hydrogen) atoms. The number of hydrogen-bond donors (Lipinski definition) is 0. The first-order valence-corrected chi connectivity index (χ1v) is 9.66. The molecule has 0 nitrogen and oxygen atoms in total. The van der Waals surface area contributed by atoms with Crippen molar-refractivity contribution in [3.63, 3.8) is 0 Å². The molecule has 0 spiro atoms. The fourth-order valence-corrected chi connectivity index (χ4v) is 3.53. The summed E-state index contributed by atoms with van der Waals surface area (Å²) >= 11 is 0. The number of rotatable bonds is 13. The average Bonchev–Trinajstić information content (AvgIpc) is 2.41. The van der Waals surface area contributed by atoms with Crippen molar-refractivity contribution in [2.45, 2.75) is 106 Å². The second-order valence-electron chi connectivity index (χ2n) is 7.59. The summed E-state index contributed by atoms with van der Waals surface area (Å²) in [6.07, 6.45) is 16.2. The van der Waals surface area contributed by atoms with E-state index in [4.69, 9.17) is 0 Å². The van der Waals surface area contributed by atoms with Crippen LogP contribution in [0.5, 0.6) is 0 Å². The molecule has 2 atom stereocenters. The standard InChI is InChI=1S/C21H42/c1-7-9-10-15-21(20(6)17-18(3)4)16-12-11-14-19(5)13-8-2/h14,18,20-21H,7-13,15-17H2,1-6H3. The average molecular weight is 295 g/mol. The molecule has 0 aromatic rings. The van der Waals surface area contributed by atoms with Crippen LogP contribution < -0.4 is 0 Å². The van der Waals surface area contributed by atoms with Crippen LogP contribution in [-0.4, -0.2) is 0 Å². The van der Waals surface area contributed by atoms with E-state index in [-0.39, 0.29) is 0 Å². The maximum atomic E-state index is 2.49. The summed E-state index contributed by atoms with van der Waals surface area (Å²) in [7, 11) is 0. The third-order valence-electron chi connectivity index (χ3n) is 4.74. The Balaban J connectivity index is 4.16. The second-order valence-corrected chi connectivity index (χ2v) is 7.59.